The normalized spacial score (nSPS) is 27.7. The average molecular weight is 645 g/mol. The van der Waals surface area contributed by atoms with Gasteiger partial charge in [0.2, 0.25) is 0 Å². The zero-order valence-corrected chi connectivity index (χ0v) is 26.2. The van der Waals surface area contributed by atoms with E-state index in [1.165, 1.54) is 0 Å². The first-order chi connectivity index (χ1) is 23.0. The van der Waals surface area contributed by atoms with Crippen molar-refractivity contribution >= 4 is 33.7 Å². The van der Waals surface area contributed by atoms with Crippen molar-refractivity contribution < 1.29 is 23.0 Å². The number of nitrogens with zero attached hydrogens (tertiary/aromatic N) is 6. The lowest BCUT2D eigenvalue weighted by atomic mass is 9.89. The van der Waals surface area contributed by atoms with Crippen LogP contribution in [0, 0.1) is 5.82 Å². The molecule has 0 radical (unpaired) electrons. The summed E-state index contributed by atoms with van der Waals surface area (Å²) in [7, 11) is 0. The van der Waals surface area contributed by atoms with Crippen LogP contribution in [0.2, 0.25) is 0 Å². The number of H-pyrrole nitrogens is 1. The van der Waals surface area contributed by atoms with Gasteiger partial charge in [0.05, 0.1) is 29.2 Å². The summed E-state index contributed by atoms with van der Waals surface area (Å²) in [5.74, 6) is 0.0349. The number of pyridine rings is 1. The van der Waals surface area contributed by atoms with E-state index >= 15 is 4.39 Å². The molecule has 1 aliphatic carbocycles. The molecule has 10 rings (SSSR count). The molecule has 2 N–H and O–H groups in total. The Morgan fingerprint density at radius 3 is 2.96 bits per heavy atom. The van der Waals surface area contributed by atoms with Crippen LogP contribution < -0.4 is 15.0 Å². The fourth-order valence-corrected chi connectivity index (χ4v) is 8.96. The molecule has 1 amide bonds. The molecule has 8 heterocycles. The number of aromatic nitrogens is 5. The van der Waals surface area contributed by atoms with Crippen molar-refractivity contribution in [1.29, 1.82) is 0 Å². The molecule has 0 saturated carbocycles. The summed E-state index contributed by atoms with van der Waals surface area (Å²) in [6.07, 6.45) is 9.18. The monoisotopic (exact) mass is 644 g/mol. The first kappa shape index (κ1) is 29.0. The van der Waals surface area contributed by atoms with E-state index in [0.29, 0.717) is 49.2 Å². The van der Waals surface area contributed by atoms with Crippen LogP contribution in [-0.4, -0.2) is 93.3 Å². The number of alkyl halides is 1. The number of anilines is 1. The second-order valence-corrected chi connectivity index (χ2v) is 14.0. The molecule has 0 spiro atoms. The highest BCUT2D eigenvalue weighted by Crippen LogP contribution is 2.47. The van der Waals surface area contributed by atoms with Crippen molar-refractivity contribution in [2.75, 3.05) is 44.3 Å². The van der Waals surface area contributed by atoms with Crippen LogP contribution in [0.15, 0.2) is 18.5 Å². The number of fused-ring (bicyclic) bond motifs is 7. The zero-order valence-electron chi connectivity index (χ0n) is 26.2. The third-order valence-electron chi connectivity index (χ3n) is 11.1. The fraction of sp³-hybridized carbons (Fsp3) is 0.559. The van der Waals surface area contributed by atoms with Crippen LogP contribution in [0.3, 0.4) is 0 Å². The Hall–Kier alpha value is -4.13. The van der Waals surface area contributed by atoms with Crippen LogP contribution in [0.1, 0.15) is 68.4 Å². The Balaban J connectivity index is 1.22. The van der Waals surface area contributed by atoms with Crippen LogP contribution >= 0.6 is 0 Å². The van der Waals surface area contributed by atoms with Crippen LogP contribution in [0.4, 0.5) is 19.4 Å². The van der Waals surface area contributed by atoms with Crippen molar-refractivity contribution in [3.8, 4) is 17.3 Å². The van der Waals surface area contributed by atoms with E-state index in [2.05, 4.69) is 31.4 Å². The SMILES string of the molecule is O=C1N[C@@H]2CCCCN(C2)c2nc(OC[C@@]34CCCN3C[C@H](F)C4)nc3c(F)c(ncc23)-c2c3c(cc4[nH]ncc24)CC[C@@H]3CCO1. The summed E-state index contributed by atoms with van der Waals surface area (Å²) in [5, 5.41) is 11.7. The molecule has 1 aromatic carbocycles. The van der Waals surface area contributed by atoms with E-state index in [9.17, 15) is 9.18 Å². The number of amides is 1. The molecule has 47 heavy (non-hydrogen) atoms. The summed E-state index contributed by atoms with van der Waals surface area (Å²) in [4.78, 5) is 31.6. The Bertz CT molecular complexity index is 1890. The maximum atomic E-state index is 17.2. The molecule has 5 aliphatic heterocycles. The highest BCUT2D eigenvalue weighted by Gasteiger charge is 2.49. The van der Waals surface area contributed by atoms with Gasteiger partial charge in [0, 0.05) is 49.2 Å². The van der Waals surface area contributed by atoms with E-state index in [-0.39, 0.29) is 42.4 Å². The first-order valence-corrected chi connectivity index (χ1v) is 17.0. The van der Waals surface area contributed by atoms with Crippen molar-refractivity contribution in [3.05, 3.63) is 35.4 Å². The second-order valence-electron chi connectivity index (χ2n) is 14.0. The molecule has 3 aromatic heterocycles. The minimum atomic E-state index is -0.894. The smallest absolute Gasteiger partial charge is 0.407 e. The number of carbonyl (C=O) groups excluding carboxylic acids is 1. The molecular weight excluding hydrogens is 606 g/mol. The minimum absolute atomic E-state index is 0.0597. The highest BCUT2D eigenvalue weighted by molar-refractivity contribution is 6.00. The second kappa shape index (κ2) is 11.2. The zero-order chi connectivity index (χ0) is 31.7. The molecular formula is C34H38F2N8O3. The molecule has 11 nitrogen and oxygen atoms in total. The molecule has 3 saturated heterocycles. The molecule has 0 unspecified atom stereocenters. The maximum Gasteiger partial charge on any atom is 0.407 e. The van der Waals surface area contributed by atoms with Gasteiger partial charge in [0.15, 0.2) is 5.82 Å². The number of hydrogen-bond acceptors (Lipinski definition) is 9. The van der Waals surface area contributed by atoms with E-state index in [1.807, 2.05) is 0 Å². The molecule has 3 fully saturated rings. The Morgan fingerprint density at radius 1 is 1.09 bits per heavy atom. The van der Waals surface area contributed by atoms with Crippen LogP contribution in [0.5, 0.6) is 6.01 Å². The van der Waals surface area contributed by atoms with Gasteiger partial charge in [-0.05, 0) is 81.0 Å². The third kappa shape index (κ3) is 4.87. The number of ether oxygens (including phenoxy) is 2. The standard InChI is InChI=1S/C34H38F2N8O3/c35-21-13-34(8-3-10-44(34)16-21)18-47-32-40-29-24-14-37-30(28(29)36)27-23-15-38-42-25(23)12-20-6-5-19(26(20)27)7-11-46-33(45)39-22-4-1-2-9-43(17-22)31(24)41-32/h12,14-15,19,21-22H,1-11,13,16-18H2,(H,38,42)(H,39,45)/t19-,21-,22-,34+/m1/s1. The molecule has 13 heteroatoms. The van der Waals surface area contributed by atoms with Crippen LogP contribution in [-0.2, 0) is 11.2 Å². The van der Waals surface area contributed by atoms with Gasteiger partial charge in [-0.2, -0.15) is 15.1 Å². The lowest BCUT2D eigenvalue weighted by Gasteiger charge is -2.31. The molecule has 4 aromatic rings. The van der Waals surface area contributed by atoms with E-state index in [1.54, 1.807) is 12.4 Å². The van der Waals surface area contributed by atoms with Crippen molar-refractivity contribution in [3.63, 3.8) is 0 Å². The lowest BCUT2D eigenvalue weighted by Crippen LogP contribution is -2.44. The third-order valence-corrected chi connectivity index (χ3v) is 11.1. The molecule has 6 aliphatic rings. The van der Waals surface area contributed by atoms with E-state index < -0.39 is 23.6 Å². The summed E-state index contributed by atoms with van der Waals surface area (Å²) < 4.78 is 43.8. The Morgan fingerprint density at radius 2 is 2.02 bits per heavy atom. The van der Waals surface area contributed by atoms with Crippen molar-refractivity contribution in [2.45, 2.75) is 81.5 Å². The molecule has 246 valence electrons. The van der Waals surface area contributed by atoms with Gasteiger partial charge in [0.25, 0.3) is 0 Å². The number of alkyl carbamates (subject to hydrolysis) is 1. The lowest BCUT2D eigenvalue weighted by molar-refractivity contribution is 0.107. The number of halogens is 2. The predicted octanol–water partition coefficient (Wildman–Crippen LogP) is 5.18. The molecule has 6 bridgehead atoms. The number of carbonyl (C=O) groups is 1. The summed E-state index contributed by atoms with van der Waals surface area (Å²) >= 11 is 0. The van der Waals surface area contributed by atoms with Gasteiger partial charge in [-0.15, -0.1) is 0 Å². The molecule has 4 atom stereocenters. The largest absolute Gasteiger partial charge is 0.461 e. The van der Waals surface area contributed by atoms with Crippen molar-refractivity contribution in [2.24, 2.45) is 0 Å². The fourth-order valence-electron chi connectivity index (χ4n) is 8.96. The minimum Gasteiger partial charge on any atom is -0.461 e. The number of aryl methyl sites for hydroxylation is 1. The number of hydrogen-bond donors (Lipinski definition) is 2. The van der Waals surface area contributed by atoms with Gasteiger partial charge in [-0.25, -0.2) is 13.6 Å². The number of aromatic amines is 1. The van der Waals surface area contributed by atoms with Gasteiger partial charge >= 0.3 is 12.1 Å². The van der Waals surface area contributed by atoms with Crippen LogP contribution in [0.25, 0.3) is 33.1 Å². The van der Waals surface area contributed by atoms with Gasteiger partial charge in [-0.1, -0.05) is 0 Å². The quantitative estimate of drug-likeness (QED) is 0.311. The predicted molar refractivity (Wildman–Crippen MR) is 171 cm³/mol. The van der Waals surface area contributed by atoms with Gasteiger partial charge in [0.1, 0.15) is 29.8 Å². The summed E-state index contributed by atoms with van der Waals surface area (Å²) in [6, 6.07) is 1.97. The van der Waals surface area contributed by atoms with E-state index in [4.69, 9.17) is 24.4 Å². The maximum absolute atomic E-state index is 17.2. The van der Waals surface area contributed by atoms with Gasteiger partial charge < -0.3 is 19.7 Å². The highest BCUT2D eigenvalue weighted by atomic mass is 19.1. The summed E-state index contributed by atoms with van der Waals surface area (Å²) in [6.45, 7) is 2.87. The average Bonchev–Trinajstić information content (AvgIpc) is 3.80. The number of rotatable bonds is 3. The Kier molecular flexibility index (Phi) is 6.95. The first-order valence-electron chi connectivity index (χ1n) is 17.0. The van der Waals surface area contributed by atoms with E-state index in [0.717, 1.165) is 73.5 Å². The van der Waals surface area contributed by atoms with Gasteiger partial charge in [-0.3, -0.25) is 15.0 Å². The number of nitrogens with one attached hydrogen (secondary N) is 2. The Labute approximate surface area is 270 Å². The summed E-state index contributed by atoms with van der Waals surface area (Å²) in [5.41, 5.74) is 3.58. The number of benzene rings is 1. The van der Waals surface area contributed by atoms with Crippen molar-refractivity contribution in [1.82, 2.24) is 35.4 Å². The topological polar surface area (TPSA) is 121 Å².